The van der Waals surface area contributed by atoms with E-state index in [1.807, 2.05) is 12.1 Å². The molecule has 0 amide bonds. The molecule has 0 aliphatic heterocycles. The molecule has 0 bridgehead atoms. The van der Waals surface area contributed by atoms with Crippen molar-refractivity contribution in [2.45, 2.75) is 59.1 Å². The highest BCUT2D eigenvalue weighted by Crippen LogP contribution is 2.37. The van der Waals surface area contributed by atoms with Crippen molar-refractivity contribution in [1.29, 1.82) is 0 Å². The molecule has 0 atom stereocenters. The van der Waals surface area contributed by atoms with Crippen LogP contribution in [-0.4, -0.2) is 0 Å². The molecule has 0 aliphatic carbocycles. The van der Waals surface area contributed by atoms with Crippen LogP contribution in [0, 0.1) is 6.92 Å². The molecular weight excluding hydrogens is 381 g/mol. The zero-order valence-corrected chi connectivity index (χ0v) is 17.9. The molecule has 0 spiro atoms. The maximum atomic E-state index is 13.5. The molecule has 3 rings (SSSR count). The van der Waals surface area contributed by atoms with Crippen molar-refractivity contribution in [3.8, 4) is 11.1 Å². The third kappa shape index (κ3) is 5.13. The minimum Gasteiger partial charge on any atom is -0.166 e. The first-order chi connectivity index (χ1) is 14.3. The van der Waals surface area contributed by atoms with Crippen molar-refractivity contribution in [1.82, 2.24) is 0 Å². The molecule has 0 heterocycles. The van der Waals surface area contributed by atoms with Gasteiger partial charge < -0.3 is 0 Å². The van der Waals surface area contributed by atoms with E-state index in [9.17, 15) is 13.2 Å². The topological polar surface area (TPSA) is 0 Å². The normalized spacial score (nSPS) is 11.7. The fraction of sp³-hybridized carbons (Fsp3) is 0.333. The van der Waals surface area contributed by atoms with E-state index >= 15 is 0 Å². The van der Waals surface area contributed by atoms with Crippen LogP contribution in [0.25, 0.3) is 11.1 Å². The average Bonchev–Trinajstić information content (AvgIpc) is 2.73. The van der Waals surface area contributed by atoms with Crippen molar-refractivity contribution in [3.63, 3.8) is 0 Å². The van der Waals surface area contributed by atoms with Crippen LogP contribution in [0.15, 0.2) is 60.7 Å². The van der Waals surface area contributed by atoms with Crippen molar-refractivity contribution >= 4 is 0 Å². The highest BCUT2D eigenvalue weighted by molar-refractivity contribution is 5.70. The summed E-state index contributed by atoms with van der Waals surface area (Å²) in [6.45, 7) is 6.01. The highest BCUT2D eigenvalue weighted by atomic mass is 19.4. The summed E-state index contributed by atoms with van der Waals surface area (Å²) in [5.74, 6) is 0. The van der Waals surface area contributed by atoms with E-state index in [4.69, 9.17) is 0 Å². The minimum absolute atomic E-state index is 0.351. The molecule has 0 saturated heterocycles. The molecule has 0 aromatic heterocycles. The Balaban J connectivity index is 1.91. The van der Waals surface area contributed by atoms with Crippen molar-refractivity contribution in [2.75, 3.05) is 0 Å². The zero-order valence-electron chi connectivity index (χ0n) is 17.9. The SMILES string of the molecule is CCc1cc(CCCc2ccccc2C)cc(-c2cccc(C(F)(F)F)c2CC)c1. The maximum Gasteiger partial charge on any atom is 0.416 e. The van der Waals surface area contributed by atoms with Gasteiger partial charge >= 0.3 is 6.18 Å². The molecule has 0 unspecified atom stereocenters. The maximum absolute atomic E-state index is 13.5. The lowest BCUT2D eigenvalue weighted by atomic mass is 9.90. The van der Waals surface area contributed by atoms with Gasteiger partial charge in [0.1, 0.15) is 0 Å². The van der Waals surface area contributed by atoms with Gasteiger partial charge in [-0.15, -0.1) is 0 Å². The number of halogens is 3. The standard InChI is InChI=1S/C27H29F3/c1-4-20-16-21(11-8-13-22-12-7-6-10-19(22)3)18-23(17-20)25-14-9-15-26(24(25)5-2)27(28,29)30/h6-7,9-10,12,14-18H,4-5,8,11,13H2,1-3H3. The number of alkyl halides is 3. The van der Waals surface area contributed by atoms with Gasteiger partial charge in [0, 0.05) is 0 Å². The molecule has 30 heavy (non-hydrogen) atoms. The van der Waals surface area contributed by atoms with Crippen LogP contribution in [0.4, 0.5) is 13.2 Å². The fourth-order valence-electron chi connectivity index (χ4n) is 4.14. The van der Waals surface area contributed by atoms with E-state index in [1.165, 1.54) is 28.8 Å². The van der Waals surface area contributed by atoms with Gasteiger partial charge in [-0.1, -0.05) is 68.4 Å². The highest BCUT2D eigenvalue weighted by Gasteiger charge is 2.33. The summed E-state index contributed by atoms with van der Waals surface area (Å²) >= 11 is 0. The lowest BCUT2D eigenvalue weighted by Crippen LogP contribution is -2.10. The molecule has 3 heteroatoms. The molecular formula is C27H29F3. The van der Waals surface area contributed by atoms with E-state index in [2.05, 4.69) is 50.2 Å². The van der Waals surface area contributed by atoms with Gasteiger partial charge in [-0.05, 0) is 84.0 Å². The molecule has 3 aromatic carbocycles. The molecule has 0 fully saturated rings. The van der Waals surface area contributed by atoms with E-state index in [-0.39, 0.29) is 0 Å². The summed E-state index contributed by atoms with van der Waals surface area (Å²) in [5, 5.41) is 0. The van der Waals surface area contributed by atoms with Gasteiger partial charge in [0.05, 0.1) is 5.56 Å². The quantitative estimate of drug-likeness (QED) is 0.370. The Labute approximate surface area is 177 Å². The van der Waals surface area contributed by atoms with E-state index in [0.717, 1.165) is 36.8 Å². The molecule has 0 aliphatic rings. The van der Waals surface area contributed by atoms with Crippen molar-refractivity contribution in [2.24, 2.45) is 0 Å². The number of benzene rings is 3. The lowest BCUT2D eigenvalue weighted by Gasteiger charge is -2.17. The summed E-state index contributed by atoms with van der Waals surface area (Å²) in [6.07, 6.45) is -0.193. The summed E-state index contributed by atoms with van der Waals surface area (Å²) in [7, 11) is 0. The van der Waals surface area contributed by atoms with E-state index in [0.29, 0.717) is 17.5 Å². The van der Waals surface area contributed by atoms with Crippen LogP contribution in [0.1, 0.15) is 53.6 Å². The second kappa shape index (κ2) is 9.51. The summed E-state index contributed by atoms with van der Waals surface area (Å²) in [4.78, 5) is 0. The van der Waals surface area contributed by atoms with Crippen LogP contribution in [0.3, 0.4) is 0 Å². The Morgan fingerprint density at radius 3 is 2.17 bits per heavy atom. The predicted molar refractivity (Wildman–Crippen MR) is 119 cm³/mol. The average molecular weight is 411 g/mol. The van der Waals surface area contributed by atoms with Crippen LogP contribution in [0.2, 0.25) is 0 Å². The summed E-state index contributed by atoms with van der Waals surface area (Å²) in [6, 6.07) is 19.3. The second-order valence-corrected chi connectivity index (χ2v) is 7.85. The monoisotopic (exact) mass is 410 g/mol. The summed E-state index contributed by atoms with van der Waals surface area (Å²) in [5.41, 5.74) is 6.46. The van der Waals surface area contributed by atoms with Crippen LogP contribution in [0.5, 0.6) is 0 Å². The minimum atomic E-state index is -4.33. The number of rotatable bonds is 7. The van der Waals surface area contributed by atoms with Crippen LogP contribution >= 0.6 is 0 Å². The number of hydrogen-bond acceptors (Lipinski definition) is 0. The largest absolute Gasteiger partial charge is 0.416 e. The molecule has 158 valence electrons. The van der Waals surface area contributed by atoms with Gasteiger partial charge in [-0.2, -0.15) is 13.2 Å². The van der Waals surface area contributed by atoms with E-state index < -0.39 is 11.7 Å². The fourth-order valence-corrected chi connectivity index (χ4v) is 4.14. The van der Waals surface area contributed by atoms with Crippen LogP contribution < -0.4 is 0 Å². The molecule has 3 aromatic rings. The third-order valence-corrected chi connectivity index (χ3v) is 5.78. The number of hydrogen-bond donors (Lipinski definition) is 0. The Morgan fingerprint density at radius 1 is 0.767 bits per heavy atom. The van der Waals surface area contributed by atoms with Gasteiger partial charge in [-0.3, -0.25) is 0 Å². The third-order valence-electron chi connectivity index (χ3n) is 5.78. The smallest absolute Gasteiger partial charge is 0.166 e. The van der Waals surface area contributed by atoms with E-state index in [1.54, 1.807) is 6.92 Å². The first-order valence-corrected chi connectivity index (χ1v) is 10.7. The second-order valence-electron chi connectivity index (χ2n) is 7.85. The first-order valence-electron chi connectivity index (χ1n) is 10.7. The van der Waals surface area contributed by atoms with Gasteiger partial charge in [0.2, 0.25) is 0 Å². The Hall–Kier alpha value is -2.55. The lowest BCUT2D eigenvalue weighted by molar-refractivity contribution is -0.138. The number of aryl methyl sites for hydroxylation is 4. The Kier molecular flexibility index (Phi) is 7.02. The molecule has 0 nitrogen and oxygen atoms in total. The van der Waals surface area contributed by atoms with Crippen LogP contribution in [-0.2, 0) is 31.9 Å². The Bertz CT molecular complexity index is 999. The van der Waals surface area contributed by atoms with Gasteiger partial charge in [0.15, 0.2) is 0 Å². The first kappa shape index (κ1) is 22.1. The summed E-state index contributed by atoms with van der Waals surface area (Å²) < 4.78 is 40.5. The Morgan fingerprint density at radius 2 is 1.50 bits per heavy atom. The molecule has 0 radical (unpaired) electrons. The van der Waals surface area contributed by atoms with Gasteiger partial charge in [-0.25, -0.2) is 0 Å². The predicted octanol–water partition coefficient (Wildman–Crippen LogP) is 7.98. The van der Waals surface area contributed by atoms with Gasteiger partial charge in [0.25, 0.3) is 0 Å². The molecule has 0 N–H and O–H groups in total. The van der Waals surface area contributed by atoms with Crippen molar-refractivity contribution < 1.29 is 13.2 Å². The molecule has 0 saturated carbocycles. The van der Waals surface area contributed by atoms with Crippen molar-refractivity contribution in [3.05, 3.63) is 94.0 Å². The zero-order chi connectivity index (χ0) is 21.7.